The molecule has 0 spiro atoms. The van der Waals surface area contributed by atoms with Crippen molar-refractivity contribution >= 4 is 0 Å². The van der Waals surface area contributed by atoms with Gasteiger partial charge in [0.25, 0.3) is 0 Å². The first kappa shape index (κ1) is 14.7. The van der Waals surface area contributed by atoms with E-state index in [4.69, 9.17) is 9.47 Å². The zero-order chi connectivity index (χ0) is 15.2. The fraction of sp³-hybridized carbons (Fsp3) is 0.333. The molecule has 1 heterocycles. The Morgan fingerprint density at radius 2 is 1.36 bits per heavy atom. The van der Waals surface area contributed by atoms with E-state index in [1.54, 1.807) is 24.3 Å². The molecule has 1 fully saturated rings. The van der Waals surface area contributed by atoms with Crippen molar-refractivity contribution < 1.29 is 14.6 Å². The Kier molecular flexibility index (Phi) is 4.81. The smallest absolute Gasteiger partial charge is 0.127 e. The van der Waals surface area contributed by atoms with Crippen molar-refractivity contribution in [2.24, 2.45) is 0 Å². The summed E-state index contributed by atoms with van der Waals surface area (Å²) in [4.78, 5) is 2.43. The van der Waals surface area contributed by atoms with Gasteiger partial charge in [-0.2, -0.15) is 0 Å². The van der Waals surface area contributed by atoms with Crippen LogP contribution in [0.15, 0.2) is 48.5 Å². The molecule has 1 aliphatic rings. The molecule has 3 rings (SSSR count). The molecule has 0 aromatic heterocycles. The third-order valence-corrected chi connectivity index (χ3v) is 3.77. The summed E-state index contributed by atoms with van der Waals surface area (Å²) in [5, 5.41) is 9.24. The number of phenols is 1. The summed E-state index contributed by atoms with van der Waals surface area (Å²) in [6.07, 6.45) is 2.62. The van der Waals surface area contributed by atoms with Gasteiger partial charge >= 0.3 is 0 Å². The second-order valence-corrected chi connectivity index (χ2v) is 5.46. The Morgan fingerprint density at radius 3 is 2.00 bits per heavy atom. The number of rotatable bonds is 6. The van der Waals surface area contributed by atoms with Crippen LogP contribution >= 0.6 is 0 Å². The van der Waals surface area contributed by atoms with Gasteiger partial charge in [-0.1, -0.05) is 0 Å². The first-order chi connectivity index (χ1) is 10.8. The van der Waals surface area contributed by atoms with E-state index in [0.717, 1.165) is 24.7 Å². The van der Waals surface area contributed by atoms with Gasteiger partial charge in [0.15, 0.2) is 0 Å². The molecule has 116 valence electrons. The lowest BCUT2D eigenvalue weighted by Gasteiger charge is -2.15. The normalized spacial score (nSPS) is 14.9. The number of aromatic hydroxyl groups is 1. The topological polar surface area (TPSA) is 41.9 Å². The van der Waals surface area contributed by atoms with Crippen LogP contribution in [0.3, 0.4) is 0 Å². The molecule has 0 unspecified atom stereocenters. The molecule has 4 heteroatoms. The molecule has 0 bridgehead atoms. The average molecular weight is 299 g/mol. The second kappa shape index (κ2) is 7.18. The van der Waals surface area contributed by atoms with E-state index in [1.165, 1.54) is 25.9 Å². The first-order valence-corrected chi connectivity index (χ1v) is 7.72. The van der Waals surface area contributed by atoms with Gasteiger partial charge in [-0.3, -0.25) is 4.90 Å². The first-order valence-electron chi connectivity index (χ1n) is 7.72. The summed E-state index contributed by atoms with van der Waals surface area (Å²) in [5.74, 6) is 2.53. The van der Waals surface area contributed by atoms with E-state index in [2.05, 4.69) is 4.90 Å². The van der Waals surface area contributed by atoms with Gasteiger partial charge in [-0.05, 0) is 74.5 Å². The zero-order valence-electron chi connectivity index (χ0n) is 12.6. The summed E-state index contributed by atoms with van der Waals surface area (Å²) < 4.78 is 11.5. The third kappa shape index (κ3) is 4.15. The van der Waals surface area contributed by atoms with Crippen molar-refractivity contribution in [2.45, 2.75) is 12.8 Å². The monoisotopic (exact) mass is 299 g/mol. The van der Waals surface area contributed by atoms with Crippen molar-refractivity contribution in [1.29, 1.82) is 0 Å². The molecule has 1 aliphatic heterocycles. The minimum absolute atomic E-state index is 0.231. The molecule has 4 nitrogen and oxygen atoms in total. The highest BCUT2D eigenvalue weighted by Gasteiger charge is 2.10. The van der Waals surface area contributed by atoms with Crippen molar-refractivity contribution in [3.05, 3.63) is 48.5 Å². The number of benzene rings is 2. The molecule has 0 aliphatic carbocycles. The molecule has 0 saturated carbocycles. The van der Waals surface area contributed by atoms with Gasteiger partial charge < -0.3 is 14.6 Å². The second-order valence-electron chi connectivity index (χ2n) is 5.46. The largest absolute Gasteiger partial charge is 0.508 e. The Hall–Kier alpha value is -2.20. The van der Waals surface area contributed by atoms with Crippen molar-refractivity contribution in [3.63, 3.8) is 0 Å². The minimum Gasteiger partial charge on any atom is -0.508 e. The van der Waals surface area contributed by atoms with Gasteiger partial charge in [-0.25, -0.2) is 0 Å². The number of phenolic OH excluding ortho intramolecular Hbond substituents is 1. The highest BCUT2D eigenvalue weighted by Crippen LogP contribution is 2.25. The van der Waals surface area contributed by atoms with E-state index >= 15 is 0 Å². The van der Waals surface area contributed by atoms with Gasteiger partial charge in [0.1, 0.15) is 29.6 Å². The van der Waals surface area contributed by atoms with Crippen molar-refractivity contribution in [2.75, 3.05) is 26.2 Å². The lowest BCUT2D eigenvalue weighted by atomic mass is 10.3. The molecule has 2 aromatic rings. The molecule has 0 radical (unpaired) electrons. The van der Waals surface area contributed by atoms with Gasteiger partial charge in [0.2, 0.25) is 0 Å². The number of nitrogens with zero attached hydrogens (tertiary/aromatic N) is 1. The highest BCUT2D eigenvalue weighted by molar-refractivity contribution is 5.37. The lowest BCUT2D eigenvalue weighted by Crippen LogP contribution is -2.25. The van der Waals surface area contributed by atoms with Gasteiger partial charge in [0.05, 0.1) is 0 Å². The summed E-state index contributed by atoms with van der Waals surface area (Å²) in [6, 6.07) is 14.3. The maximum absolute atomic E-state index is 9.24. The number of ether oxygens (including phenoxy) is 2. The standard InChI is InChI=1S/C18H21NO3/c20-15-3-5-17(6-4-15)22-18-9-7-16(8-10-18)21-14-13-19-11-1-2-12-19/h3-10,20H,1-2,11-14H2. The SMILES string of the molecule is Oc1ccc(Oc2ccc(OCCN3CCCC3)cc2)cc1. The minimum atomic E-state index is 0.231. The molecule has 0 amide bonds. The molecular formula is C18H21NO3. The molecule has 1 N–H and O–H groups in total. The van der Waals surface area contributed by atoms with Gasteiger partial charge in [0, 0.05) is 6.54 Å². The Labute approximate surface area is 130 Å². The predicted molar refractivity (Wildman–Crippen MR) is 85.8 cm³/mol. The van der Waals surface area contributed by atoms with Crippen LogP contribution in [0, 0.1) is 0 Å². The average Bonchev–Trinajstić information content (AvgIpc) is 3.05. The zero-order valence-corrected chi connectivity index (χ0v) is 12.6. The van der Waals surface area contributed by atoms with Crippen molar-refractivity contribution in [1.82, 2.24) is 4.90 Å². The molecule has 22 heavy (non-hydrogen) atoms. The summed E-state index contributed by atoms with van der Waals surface area (Å²) in [7, 11) is 0. The third-order valence-electron chi connectivity index (χ3n) is 3.77. The van der Waals surface area contributed by atoms with Crippen LogP contribution < -0.4 is 9.47 Å². The Balaban J connectivity index is 1.48. The highest BCUT2D eigenvalue weighted by atomic mass is 16.5. The maximum atomic E-state index is 9.24. The fourth-order valence-corrected chi connectivity index (χ4v) is 2.55. The van der Waals surface area contributed by atoms with Crippen LogP contribution in [0.1, 0.15) is 12.8 Å². The quantitative estimate of drug-likeness (QED) is 0.884. The van der Waals surface area contributed by atoms with E-state index in [0.29, 0.717) is 5.75 Å². The number of hydrogen-bond donors (Lipinski definition) is 1. The van der Waals surface area contributed by atoms with E-state index in [-0.39, 0.29) is 5.75 Å². The summed E-state index contributed by atoms with van der Waals surface area (Å²) in [5.41, 5.74) is 0. The predicted octanol–water partition coefficient (Wildman–Crippen LogP) is 3.66. The van der Waals surface area contributed by atoms with Gasteiger partial charge in [-0.15, -0.1) is 0 Å². The fourth-order valence-electron chi connectivity index (χ4n) is 2.55. The Morgan fingerprint density at radius 1 is 0.818 bits per heavy atom. The molecule has 0 atom stereocenters. The lowest BCUT2D eigenvalue weighted by molar-refractivity contribution is 0.237. The van der Waals surface area contributed by atoms with E-state index < -0.39 is 0 Å². The Bertz CT molecular complexity index is 574. The number of likely N-dealkylation sites (tertiary alicyclic amines) is 1. The molecule has 1 saturated heterocycles. The number of hydrogen-bond acceptors (Lipinski definition) is 4. The van der Waals surface area contributed by atoms with Crippen LogP contribution in [-0.4, -0.2) is 36.2 Å². The van der Waals surface area contributed by atoms with Crippen LogP contribution in [-0.2, 0) is 0 Å². The molecule has 2 aromatic carbocycles. The van der Waals surface area contributed by atoms with E-state index in [1.807, 2.05) is 24.3 Å². The van der Waals surface area contributed by atoms with E-state index in [9.17, 15) is 5.11 Å². The van der Waals surface area contributed by atoms with Crippen molar-refractivity contribution in [3.8, 4) is 23.0 Å². The molecular weight excluding hydrogens is 278 g/mol. The maximum Gasteiger partial charge on any atom is 0.127 e. The summed E-state index contributed by atoms with van der Waals surface area (Å²) in [6.45, 7) is 4.11. The van der Waals surface area contributed by atoms with Crippen LogP contribution in [0.5, 0.6) is 23.0 Å². The van der Waals surface area contributed by atoms with Crippen LogP contribution in [0.25, 0.3) is 0 Å². The summed E-state index contributed by atoms with van der Waals surface area (Å²) >= 11 is 0. The van der Waals surface area contributed by atoms with Crippen LogP contribution in [0.2, 0.25) is 0 Å². The van der Waals surface area contributed by atoms with Crippen LogP contribution in [0.4, 0.5) is 0 Å².